The summed E-state index contributed by atoms with van der Waals surface area (Å²) in [6, 6.07) is 4.15. The van der Waals surface area contributed by atoms with E-state index in [1.165, 1.54) is 18.9 Å². The van der Waals surface area contributed by atoms with Crippen molar-refractivity contribution < 1.29 is 9.50 Å². The number of hydrogen-bond acceptors (Lipinski definition) is 2. The predicted molar refractivity (Wildman–Crippen MR) is 68.5 cm³/mol. The summed E-state index contributed by atoms with van der Waals surface area (Å²) in [4.78, 5) is 0. The van der Waals surface area contributed by atoms with E-state index in [9.17, 15) is 9.50 Å². The van der Waals surface area contributed by atoms with Gasteiger partial charge in [0, 0.05) is 12.6 Å². The van der Waals surface area contributed by atoms with Crippen molar-refractivity contribution in [1.29, 1.82) is 0 Å². The van der Waals surface area contributed by atoms with Crippen LogP contribution in [-0.2, 0) is 6.54 Å². The average molecular weight is 239 g/mol. The highest BCUT2D eigenvalue weighted by Gasteiger charge is 1.99. The third kappa shape index (κ3) is 6.27. The molecular weight excluding hydrogens is 217 g/mol. The van der Waals surface area contributed by atoms with Crippen LogP contribution in [0.25, 0.3) is 0 Å². The van der Waals surface area contributed by atoms with Crippen molar-refractivity contribution in [3.05, 3.63) is 29.6 Å². The van der Waals surface area contributed by atoms with Crippen LogP contribution < -0.4 is 5.32 Å². The number of unbranched alkanes of at least 4 members (excludes halogenated alkanes) is 1. The van der Waals surface area contributed by atoms with Gasteiger partial charge in [0.1, 0.15) is 11.6 Å². The van der Waals surface area contributed by atoms with E-state index < -0.39 is 0 Å². The molecule has 0 amide bonds. The minimum Gasteiger partial charge on any atom is -0.508 e. The second-order valence-electron chi connectivity index (χ2n) is 4.88. The van der Waals surface area contributed by atoms with Crippen LogP contribution in [0.2, 0.25) is 0 Å². The molecule has 0 unspecified atom stereocenters. The Kier molecular flexibility index (Phi) is 5.98. The largest absolute Gasteiger partial charge is 0.508 e. The van der Waals surface area contributed by atoms with Gasteiger partial charge >= 0.3 is 0 Å². The zero-order valence-corrected chi connectivity index (χ0v) is 10.7. The van der Waals surface area contributed by atoms with Crippen molar-refractivity contribution in [1.82, 2.24) is 5.32 Å². The Morgan fingerprint density at radius 1 is 1.24 bits per heavy atom. The monoisotopic (exact) mass is 239 g/mol. The van der Waals surface area contributed by atoms with E-state index in [0.717, 1.165) is 30.5 Å². The molecule has 2 nitrogen and oxygen atoms in total. The molecule has 0 heterocycles. The summed E-state index contributed by atoms with van der Waals surface area (Å²) >= 11 is 0. The fourth-order valence-electron chi connectivity index (χ4n) is 1.77. The van der Waals surface area contributed by atoms with Gasteiger partial charge in [0.2, 0.25) is 0 Å². The topological polar surface area (TPSA) is 32.3 Å². The van der Waals surface area contributed by atoms with Crippen molar-refractivity contribution >= 4 is 0 Å². The molecule has 0 aliphatic rings. The van der Waals surface area contributed by atoms with Crippen molar-refractivity contribution in [2.24, 2.45) is 5.92 Å². The Bertz CT molecular complexity index is 319. The first-order chi connectivity index (χ1) is 8.08. The molecular formula is C14H22FNO. The number of phenols is 1. The molecule has 96 valence electrons. The molecule has 0 aliphatic heterocycles. The molecule has 1 rings (SSSR count). The molecule has 0 saturated heterocycles. The molecule has 2 N–H and O–H groups in total. The summed E-state index contributed by atoms with van der Waals surface area (Å²) in [5, 5.41) is 12.5. The van der Waals surface area contributed by atoms with E-state index in [1.54, 1.807) is 6.07 Å². The standard InChI is InChI=1S/C14H22FNO/c1-11(2)5-3-4-6-16-10-12-7-13(15)9-14(17)8-12/h7-9,11,16-17H,3-6,10H2,1-2H3. The summed E-state index contributed by atoms with van der Waals surface area (Å²) in [6.07, 6.45) is 3.61. The zero-order valence-electron chi connectivity index (χ0n) is 10.7. The minimum atomic E-state index is -0.387. The van der Waals surface area contributed by atoms with E-state index in [-0.39, 0.29) is 11.6 Å². The van der Waals surface area contributed by atoms with Gasteiger partial charge in [-0.05, 0) is 36.6 Å². The maximum Gasteiger partial charge on any atom is 0.127 e. The van der Waals surface area contributed by atoms with Gasteiger partial charge in [-0.2, -0.15) is 0 Å². The SMILES string of the molecule is CC(C)CCCCNCc1cc(O)cc(F)c1. The van der Waals surface area contributed by atoms with Gasteiger partial charge in [-0.3, -0.25) is 0 Å². The lowest BCUT2D eigenvalue weighted by atomic mass is 10.1. The zero-order chi connectivity index (χ0) is 12.7. The van der Waals surface area contributed by atoms with Crippen LogP contribution in [-0.4, -0.2) is 11.7 Å². The summed E-state index contributed by atoms with van der Waals surface area (Å²) in [5.74, 6) is 0.360. The number of halogens is 1. The second-order valence-corrected chi connectivity index (χ2v) is 4.88. The van der Waals surface area contributed by atoms with E-state index in [2.05, 4.69) is 19.2 Å². The van der Waals surface area contributed by atoms with Gasteiger partial charge in [0.05, 0.1) is 0 Å². The van der Waals surface area contributed by atoms with Crippen molar-refractivity contribution in [2.75, 3.05) is 6.54 Å². The highest BCUT2D eigenvalue weighted by atomic mass is 19.1. The molecule has 3 heteroatoms. The molecule has 0 saturated carbocycles. The predicted octanol–water partition coefficient (Wildman–Crippen LogP) is 3.45. The Hall–Kier alpha value is -1.09. The van der Waals surface area contributed by atoms with Crippen LogP contribution in [0, 0.1) is 11.7 Å². The molecule has 0 aliphatic carbocycles. The fraction of sp³-hybridized carbons (Fsp3) is 0.571. The second kappa shape index (κ2) is 7.28. The maximum absolute atomic E-state index is 13.0. The van der Waals surface area contributed by atoms with Gasteiger partial charge < -0.3 is 10.4 Å². The highest BCUT2D eigenvalue weighted by molar-refractivity contribution is 5.28. The minimum absolute atomic E-state index is 0.0124. The number of phenolic OH excluding ortho intramolecular Hbond substituents is 1. The fourth-order valence-corrected chi connectivity index (χ4v) is 1.77. The lowest BCUT2D eigenvalue weighted by Gasteiger charge is -2.07. The molecule has 0 bridgehead atoms. The summed E-state index contributed by atoms with van der Waals surface area (Å²) in [6.45, 7) is 5.99. The van der Waals surface area contributed by atoms with Crippen molar-refractivity contribution in [3.63, 3.8) is 0 Å². The van der Waals surface area contributed by atoms with E-state index in [0.29, 0.717) is 6.54 Å². The van der Waals surface area contributed by atoms with Crippen LogP contribution in [0.5, 0.6) is 5.75 Å². The Balaban J connectivity index is 2.18. The lowest BCUT2D eigenvalue weighted by molar-refractivity contribution is 0.467. The third-order valence-electron chi connectivity index (χ3n) is 2.66. The van der Waals surface area contributed by atoms with E-state index in [4.69, 9.17) is 0 Å². The smallest absolute Gasteiger partial charge is 0.127 e. The quantitative estimate of drug-likeness (QED) is 0.714. The molecule has 0 radical (unpaired) electrons. The Morgan fingerprint density at radius 3 is 2.65 bits per heavy atom. The van der Waals surface area contributed by atoms with Crippen LogP contribution in [0.4, 0.5) is 4.39 Å². The number of hydrogen-bond donors (Lipinski definition) is 2. The van der Waals surface area contributed by atoms with E-state index in [1.807, 2.05) is 0 Å². The van der Waals surface area contributed by atoms with Gasteiger partial charge in [-0.15, -0.1) is 0 Å². The van der Waals surface area contributed by atoms with Crippen LogP contribution >= 0.6 is 0 Å². The van der Waals surface area contributed by atoms with Crippen LogP contribution in [0.15, 0.2) is 18.2 Å². The molecule has 0 aromatic heterocycles. The number of benzene rings is 1. The normalized spacial score (nSPS) is 11.1. The van der Waals surface area contributed by atoms with Gasteiger partial charge in [-0.25, -0.2) is 4.39 Å². The average Bonchev–Trinajstić information content (AvgIpc) is 2.21. The third-order valence-corrected chi connectivity index (χ3v) is 2.66. The highest BCUT2D eigenvalue weighted by Crippen LogP contribution is 2.14. The molecule has 1 aromatic rings. The summed E-state index contributed by atoms with van der Waals surface area (Å²) in [5.41, 5.74) is 0.784. The molecule has 17 heavy (non-hydrogen) atoms. The van der Waals surface area contributed by atoms with Crippen LogP contribution in [0.1, 0.15) is 38.7 Å². The van der Waals surface area contributed by atoms with Gasteiger partial charge in [-0.1, -0.05) is 26.7 Å². The molecule has 0 atom stereocenters. The molecule has 1 aromatic carbocycles. The first-order valence-corrected chi connectivity index (χ1v) is 6.27. The summed E-state index contributed by atoms with van der Waals surface area (Å²) < 4.78 is 13.0. The number of nitrogens with one attached hydrogen (secondary N) is 1. The van der Waals surface area contributed by atoms with Crippen LogP contribution in [0.3, 0.4) is 0 Å². The Labute approximate surface area is 103 Å². The Morgan fingerprint density at radius 2 is 2.00 bits per heavy atom. The summed E-state index contributed by atoms with van der Waals surface area (Å²) in [7, 11) is 0. The van der Waals surface area contributed by atoms with Crippen molar-refractivity contribution in [3.8, 4) is 5.75 Å². The first kappa shape index (κ1) is 14.0. The van der Waals surface area contributed by atoms with Gasteiger partial charge in [0.25, 0.3) is 0 Å². The number of rotatable bonds is 7. The molecule has 0 fully saturated rings. The first-order valence-electron chi connectivity index (χ1n) is 6.27. The van der Waals surface area contributed by atoms with Gasteiger partial charge in [0.15, 0.2) is 0 Å². The number of aromatic hydroxyl groups is 1. The van der Waals surface area contributed by atoms with Crippen molar-refractivity contribution in [2.45, 2.75) is 39.7 Å². The lowest BCUT2D eigenvalue weighted by Crippen LogP contribution is -2.14. The molecule has 0 spiro atoms. The van der Waals surface area contributed by atoms with E-state index >= 15 is 0 Å². The maximum atomic E-state index is 13.0.